The molecular weight excluding hydrogens is 250 g/mol. The number of rotatable bonds is 4. The molecule has 0 aromatic heterocycles. The summed E-state index contributed by atoms with van der Waals surface area (Å²) >= 11 is 0. The molecule has 0 bridgehead atoms. The molecule has 1 atom stereocenters. The third-order valence-corrected chi connectivity index (χ3v) is 4.24. The summed E-state index contributed by atoms with van der Waals surface area (Å²) in [4.78, 5) is 17.0. The smallest absolute Gasteiger partial charge is 0.256 e. The molecule has 1 saturated heterocycles. The van der Waals surface area contributed by atoms with Gasteiger partial charge < -0.3 is 10.2 Å². The van der Waals surface area contributed by atoms with Gasteiger partial charge in [-0.15, -0.1) is 0 Å². The molecule has 1 aromatic rings. The van der Waals surface area contributed by atoms with E-state index < -0.39 is 0 Å². The Morgan fingerprint density at radius 2 is 1.90 bits per heavy atom. The molecule has 1 unspecified atom stereocenters. The quantitative estimate of drug-likeness (QED) is 0.915. The predicted molar refractivity (Wildman–Crippen MR) is 83.2 cm³/mol. The Balaban J connectivity index is 2.01. The number of carbonyl (C=O) groups is 1. The van der Waals surface area contributed by atoms with Crippen molar-refractivity contribution < 1.29 is 4.79 Å². The second-order valence-corrected chi connectivity index (χ2v) is 5.38. The van der Waals surface area contributed by atoms with Gasteiger partial charge in [0.2, 0.25) is 0 Å². The van der Waals surface area contributed by atoms with Crippen LogP contribution in [0.5, 0.6) is 0 Å². The molecule has 1 heterocycles. The van der Waals surface area contributed by atoms with Crippen LogP contribution >= 0.6 is 0 Å². The molecule has 1 aromatic carbocycles. The first-order valence-corrected chi connectivity index (χ1v) is 7.47. The standard InChI is InChI=1S/C16H25N3O/c1-4-13(2)18-9-11-19(12-10-18)16(20)14-7-5-6-8-15(14)17-3/h5-8,13,17H,4,9-12H2,1-3H3. The highest BCUT2D eigenvalue weighted by atomic mass is 16.2. The molecule has 0 spiro atoms. The lowest BCUT2D eigenvalue weighted by Gasteiger charge is -2.38. The molecule has 1 aliphatic rings. The van der Waals surface area contributed by atoms with E-state index >= 15 is 0 Å². The molecule has 1 fully saturated rings. The summed E-state index contributed by atoms with van der Waals surface area (Å²) < 4.78 is 0. The van der Waals surface area contributed by atoms with Gasteiger partial charge in [0.05, 0.1) is 5.56 Å². The van der Waals surface area contributed by atoms with Gasteiger partial charge in [0, 0.05) is 45.0 Å². The van der Waals surface area contributed by atoms with Gasteiger partial charge in [-0.25, -0.2) is 0 Å². The Morgan fingerprint density at radius 3 is 2.50 bits per heavy atom. The average Bonchev–Trinajstić information content (AvgIpc) is 2.53. The summed E-state index contributed by atoms with van der Waals surface area (Å²) in [6.07, 6.45) is 1.16. The van der Waals surface area contributed by atoms with E-state index in [1.54, 1.807) is 0 Å². The van der Waals surface area contributed by atoms with Crippen molar-refractivity contribution in [2.75, 3.05) is 38.5 Å². The zero-order valence-corrected chi connectivity index (χ0v) is 12.7. The fourth-order valence-corrected chi connectivity index (χ4v) is 2.68. The fourth-order valence-electron chi connectivity index (χ4n) is 2.68. The minimum absolute atomic E-state index is 0.138. The first kappa shape index (κ1) is 14.9. The zero-order valence-electron chi connectivity index (χ0n) is 12.7. The minimum Gasteiger partial charge on any atom is -0.387 e. The van der Waals surface area contributed by atoms with Crippen molar-refractivity contribution in [2.45, 2.75) is 26.3 Å². The molecule has 20 heavy (non-hydrogen) atoms. The van der Waals surface area contributed by atoms with Gasteiger partial charge in [0.1, 0.15) is 0 Å². The summed E-state index contributed by atoms with van der Waals surface area (Å²) in [7, 11) is 1.85. The van der Waals surface area contributed by atoms with Gasteiger partial charge in [-0.1, -0.05) is 19.1 Å². The van der Waals surface area contributed by atoms with Crippen LogP contribution in [0, 0.1) is 0 Å². The van der Waals surface area contributed by atoms with Gasteiger partial charge in [0.25, 0.3) is 5.91 Å². The highest BCUT2D eigenvalue weighted by Gasteiger charge is 2.25. The van der Waals surface area contributed by atoms with Crippen molar-refractivity contribution in [3.8, 4) is 0 Å². The monoisotopic (exact) mass is 275 g/mol. The Hall–Kier alpha value is -1.55. The number of piperazine rings is 1. The number of carbonyl (C=O) groups excluding carboxylic acids is 1. The molecule has 1 aliphatic heterocycles. The second-order valence-electron chi connectivity index (χ2n) is 5.38. The summed E-state index contributed by atoms with van der Waals surface area (Å²) in [6.45, 7) is 8.06. The number of nitrogens with zero attached hydrogens (tertiary/aromatic N) is 2. The predicted octanol–water partition coefficient (Wildman–Crippen LogP) is 2.28. The number of hydrogen-bond donors (Lipinski definition) is 1. The second kappa shape index (κ2) is 6.75. The van der Waals surface area contributed by atoms with Crippen molar-refractivity contribution in [2.24, 2.45) is 0 Å². The zero-order chi connectivity index (χ0) is 14.5. The summed E-state index contributed by atoms with van der Waals surface area (Å²) in [5.74, 6) is 0.138. The van der Waals surface area contributed by atoms with Crippen molar-refractivity contribution in [1.29, 1.82) is 0 Å². The van der Waals surface area contributed by atoms with E-state index in [1.807, 2.05) is 36.2 Å². The average molecular weight is 275 g/mol. The van der Waals surface area contributed by atoms with E-state index in [0.29, 0.717) is 6.04 Å². The van der Waals surface area contributed by atoms with Gasteiger partial charge in [-0.2, -0.15) is 0 Å². The maximum Gasteiger partial charge on any atom is 0.256 e. The lowest BCUT2D eigenvalue weighted by atomic mass is 10.1. The number of hydrogen-bond acceptors (Lipinski definition) is 3. The third-order valence-electron chi connectivity index (χ3n) is 4.24. The van der Waals surface area contributed by atoms with E-state index in [-0.39, 0.29) is 5.91 Å². The van der Waals surface area contributed by atoms with Crippen LogP contribution in [0.3, 0.4) is 0 Å². The van der Waals surface area contributed by atoms with E-state index in [4.69, 9.17) is 0 Å². The molecule has 110 valence electrons. The Bertz CT molecular complexity index is 453. The maximum atomic E-state index is 12.6. The third kappa shape index (κ3) is 3.12. The van der Waals surface area contributed by atoms with Crippen LogP contribution in [0.1, 0.15) is 30.6 Å². The number of anilines is 1. The highest BCUT2D eigenvalue weighted by Crippen LogP contribution is 2.18. The summed E-state index contributed by atoms with van der Waals surface area (Å²) in [5.41, 5.74) is 1.67. The molecule has 1 N–H and O–H groups in total. The topological polar surface area (TPSA) is 35.6 Å². The Kier molecular flexibility index (Phi) is 5.01. The highest BCUT2D eigenvalue weighted by molar-refractivity contribution is 5.99. The SMILES string of the molecule is CCC(C)N1CCN(C(=O)c2ccccc2NC)CC1. The molecule has 4 nitrogen and oxygen atoms in total. The van der Waals surface area contributed by atoms with Crippen LogP contribution in [-0.2, 0) is 0 Å². The molecule has 0 saturated carbocycles. The minimum atomic E-state index is 0.138. The van der Waals surface area contributed by atoms with Crippen LogP contribution in [0.15, 0.2) is 24.3 Å². The molecule has 0 aliphatic carbocycles. The molecule has 2 rings (SSSR count). The maximum absolute atomic E-state index is 12.6. The van der Waals surface area contributed by atoms with Crippen LogP contribution < -0.4 is 5.32 Å². The van der Waals surface area contributed by atoms with Crippen molar-refractivity contribution in [1.82, 2.24) is 9.80 Å². The number of amides is 1. The lowest BCUT2D eigenvalue weighted by molar-refractivity contribution is 0.0580. The molecule has 1 amide bonds. The summed E-state index contributed by atoms with van der Waals surface area (Å²) in [5, 5.41) is 3.09. The van der Waals surface area contributed by atoms with Crippen LogP contribution in [0.2, 0.25) is 0 Å². The van der Waals surface area contributed by atoms with Crippen LogP contribution in [0.25, 0.3) is 0 Å². The first-order valence-electron chi connectivity index (χ1n) is 7.47. The number of benzene rings is 1. The molecule has 0 radical (unpaired) electrons. The van der Waals surface area contributed by atoms with Crippen molar-refractivity contribution >= 4 is 11.6 Å². The van der Waals surface area contributed by atoms with Crippen LogP contribution in [0.4, 0.5) is 5.69 Å². The Morgan fingerprint density at radius 1 is 1.25 bits per heavy atom. The van der Waals surface area contributed by atoms with E-state index in [0.717, 1.165) is 43.9 Å². The van der Waals surface area contributed by atoms with E-state index in [1.165, 1.54) is 0 Å². The number of para-hydroxylation sites is 1. The van der Waals surface area contributed by atoms with Crippen molar-refractivity contribution in [3.05, 3.63) is 29.8 Å². The number of nitrogens with one attached hydrogen (secondary N) is 1. The van der Waals surface area contributed by atoms with Crippen molar-refractivity contribution in [3.63, 3.8) is 0 Å². The lowest BCUT2D eigenvalue weighted by Crippen LogP contribution is -2.51. The van der Waals surface area contributed by atoms with Gasteiger partial charge in [-0.3, -0.25) is 9.69 Å². The van der Waals surface area contributed by atoms with E-state index in [2.05, 4.69) is 24.1 Å². The normalized spacial score (nSPS) is 17.9. The van der Waals surface area contributed by atoms with Crippen LogP contribution in [-0.4, -0.2) is 55.0 Å². The summed E-state index contributed by atoms with van der Waals surface area (Å²) in [6, 6.07) is 8.32. The van der Waals surface area contributed by atoms with Gasteiger partial charge in [0.15, 0.2) is 0 Å². The Labute approximate surface area is 121 Å². The largest absolute Gasteiger partial charge is 0.387 e. The molecule has 4 heteroatoms. The first-order chi connectivity index (χ1) is 9.67. The van der Waals surface area contributed by atoms with Gasteiger partial charge in [-0.05, 0) is 25.5 Å². The van der Waals surface area contributed by atoms with E-state index in [9.17, 15) is 4.79 Å². The molecular formula is C16H25N3O. The fraction of sp³-hybridized carbons (Fsp3) is 0.562. The van der Waals surface area contributed by atoms with Gasteiger partial charge >= 0.3 is 0 Å².